The summed E-state index contributed by atoms with van der Waals surface area (Å²) in [5, 5.41) is 9.66. The first-order valence-electron chi connectivity index (χ1n) is 3.93. The van der Waals surface area contributed by atoms with Crippen LogP contribution in [0.15, 0.2) is 24.3 Å². The van der Waals surface area contributed by atoms with Crippen molar-refractivity contribution in [1.82, 2.24) is 0 Å². The monoisotopic (exact) mass is 182 g/mol. The fraction of sp³-hybridized carbons (Fsp3) is 0.250. The van der Waals surface area contributed by atoms with E-state index >= 15 is 0 Å². The second-order valence-electron chi connectivity index (χ2n) is 2.64. The summed E-state index contributed by atoms with van der Waals surface area (Å²) in [6, 6.07) is 8.46. The number of anilines is 1. The summed E-state index contributed by atoms with van der Waals surface area (Å²) in [5.41, 5.74) is 2.77. The van der Waals surface area contributed by atoms with E-state index in [1.54, 1.807) is 0 Å². The molecule has 0 spiro atoms. The summed E-state index contributed by atoms with van der Waals surface area (Å²) < 4.78 is 0. The van der Waals surface area contributed by atoms with Gasteiger partial charge in [-0.15, -0.1) is 5.84 Å². The van der Waals surface area contributed by atoms with Crippen LogP contribution in [0, 0.1) is 4.91 Å². The molecule has 0 aliphatic carbocycles. The maximum atomic E-state index is 8.69. The maximum absolute atomic E-state index is 8.69. The highest BCUT2D eigenvalue weighted by Crippen LogP contribution is 2.19. The number of nitrogens with zero attached hydrogens (tertiary/aromatic N) is 1. The Morgan fingerprint density at radius 2 is 2.08 bits per heavy atom. The summed E-state index contributed by atoms with van der Waals surface area (Å²) in [5.74, 6) is 3.94. The van der Waals surface area contributed by atoms with Gasteiger partial charge in [0.25, 0.3) is 0 Å². The van der Waals surface area contributed by atoms with Crippen molar-refractivity contribution < 1.29 is 10.2 Å². The highest BCUT2D eigenvalue weighted by Gasteiger charge is 2.05. The van der Waals surface area contributed by atoms with Gasteiger partial charge in [0.15, 0.2) is 0 Å². The molecular formula is C8H12N3O2+. The molecule has 13 heavy (non-hydrogen) atoms. The number of nitrogens with two attached hydrogens (primary N) is 1. The Morgan fingerprint density at radius 1 is 1.46 bits per heavy atom. The molecule has 5 nitrogen and oxygen atoms in total. The standard InChI is InChI=1S/C8H9N.H3N2O2/c1-2-4-8-7(3-1)5-6-9-8;1-2(3)4/h1-4,9H,5-6H2;1H2,(H,3,4)/q;+1. The number of hydrogen-bond acceptors (Lipinski definition) is 2. The SMILES string of the molecule is N[N+](=O)O.c1ccc2c(c1)CCN2. The number of fused-ring (bicyclic) bond motifs is 1. The minimum absolute atomic E-state index is 0.750. The first-order chi connectivity index (χ1) is 6.20. The van der Waals surface area contributed by atoms with Crippen molar-refractivity contribution in [3.05, 3.63) is 34.7 Å². The van der Waals surface area contributed by atoms with Gasteiger partial charge in [-0.05, 0) is 18.1 Å². The number of para-hydroxylation sites is 1. The van der Waals surface area contributed by atoms with E-state index in [-0.39, 0.29) is 0 Å². The maximum Gasteiger partial charge on any atom is 0.352 e. The predicted molar refractivity (Wildman–Crippen MR) is 48.2 cm³/mol. The lowest BCUT2D eigenvalue weighted by atomic mass is 10.2. The van der Waals surface area contributed by atoms with Gasteiger partial charge in [0.2, 0.25) is 0 Å². The molecule has 0 aromatic heterocycles. The number of hydrogen-bond donors (Lipinski definition) is 3. The van der Waals surface area contributed by atoms with Gasteiger partial charge in [0, 0.05) is 12.2 Å². The molecule has 5 heteroatoms. The average Bonchev–Trinajstić information content (AvgIpc) is 2.49. The van der Waals surface area contributed by atoms with Gasteiger partial charge >= 0.3 is 5.03 Å². The Labute approximate surface area is 75.7 Å². The normalized spacial score (nSPS) is 12.0. The molecule has 2 rings (SSSR count). The van der Waals surface area contributed by atoms with Gasteiger partial charge in [-0.25, -0.2) is 5.21 Å². The molecule has 1 aliphatic heterocycles. The molecule has 0 saturated heterocycles. The van der Waals surface area contributed by atoms with Crippen LogP contribution in [-0.4, -0.2) is 16.8 Å². The average molecular weight is 182 g/mol. The third-order valence-corrected chi connectivity index (χ3v) is 1.73. The molecule has 0 fully saturated rings. The van der Waals surface area contributed by atoms with Crippen molar-refractivity contribution in [2.24, 2.45) is 5.84 Å². The van der Waals surface area contributed by atoms with Crippen LogP contribution in [-0.2, 0) is 6.42 Å². The van der Waals surface area contributed by atoms with Crippen molar-refractivity contribution >= 4 is 5.69 Å². The zero-order valence-corrected chi connectivity index (χ0v) is 7.10. The van der Waals surface area contributed by atoms with Crippen LogP contribution in [0.3, 0.4) is 0 Å². The molecule has 0 atom stereocenters. The van der Waals surface area contributed by atoms with Crippen molar-refractivity contribution in [2.45, 2.75) is 6.42 Å². The summed E-state index contributed by atoms with van der Waals surface area (Å²) in [6.07, 6.45) is 1.19. The molecule has 0 unspecified atom stereocenters. The second kappa shape index (κ2) is 4.30. The number of nitrogens with one attached hydrogen (secondary N) is 1. The highest BCUT2D eigenvalue weighted by molar-refractivity contribution is 5.54. The fourth-order valence-electron chi connectivity index (χ4n) is 1.24. The first-order valence-corrected chi connectivity index (χ1v) is 3.93. The lowest BCUT2D eigenvalue weighted by Crippen LogP contribution is -2.08. The van der Waals surface area contributed by atoms with Gasteiger partial charge in [0.05, 0.1) is 0 Å². The van der Waals surface area contributed by atoms with Crippen molar-refractivity contribution in [3.8, 4) is 0 Å². The molecule has 4 N–H and O–H groups in total. The molecule has 70 valence electrons. The summed E-state index contributed by atoms with van der Waals surface area (Å²) >= 11 is 0. The van der Waals surface area contributed by atoms with Crippen LogP contribution in [0.2, 0.25) is 0 Å². The van der Waals surface area contributed by atoms with E-state index in [1.807, 2.05) is 0 Å². The van der Waals surface area contributed by atoms with Crippen LogP contribution in [0.1, 0.15) is 5.56 Å². The zero-order chi connectivity index (χ0) is 9.68. The first kappa shape index (κ1) is 9.31. The van der Waals surface area contributed by atoms with Crippen LogP contribution < -0.4 is 11.2 Å². The molecule has 0 saturated carbocycles. The Bertz CT molecular complexity index is 274. The van der Waals surface area contributed by atoms with E-state index in [0.29, 0.717) is 0 Å². The van der Waals surface area contributed by atoms with Crippen LogP contribution in [0.25, 0.3) is 0 Å². The summed E-state index contributed by atoms with van der Waals surface area (Å²) in [7, 11) is 0. The molecule has 0 bridgehead atoms. The molecule has 1 aromatic rings. The molecule has 1 aliphatic rings. The fourth-order valence-corrected chi connectivity index (χ4v) is 1.24. The number of rotatable bonds is 0. The van der Waals surface area contributed by atoms with Gasteiger partial charge in [0.1, 0.15) is 4.91 Å². The smallest absolute Gasteiger partial charge is 0.352 e. The molecule has 1 aromatic carbocycles. The third-order valence-electron chi connectivity index (χ3n) is 1.73. The Kier molecular flexibility index (Phi) is 3.08. The van der Waals surface area contributed by atoms with Crippen molar-refractivity contribution in [1.29, 1.82) is 0 Å². The summed E-state index contributed by atoms with van der Waals surface area (Å²) in [6.45, 7) is 1.11. The summed E-state index contributed by atoms with van der Waals surface area (Å²) in [4.78, 5) is 8.69. The minimum atomic E-state index is -0.750. The van der Waals surface area contributed by atoms with Crippen LogP contribution >= 0.6 is 0 Å². The Morgan fingerprint density at radius 3 is 2.69 bits per heavy atom. The van der Waals surface area contributed by atoms with E-state index in [1.165, 1.54) is 17.7 Å². The Hall–Kier alpha value is -1.78. The van der Waals surface area contributed by atoms with Crippen LogP contribution in [0.4, 0.5) is 5.69 Å². The molecule has 1 heterocycles. The number of hydrazine groups is 1. The largest absolute Gasteiger partial charge is 0.384 e. The van der Waals surface area contributed by atoms with Gasteiger partial charge in [-0.3, -0.25) is 0 Å². The minimum Gasteiger partial charge on any atom is -0.384 e. The highest BCUT2D eigenvalue weighted by atomic mass is 16.7. The van der Waals surface area contributed by atoms with Crippen molar-refractivity contribution in [2.75, 3.05) is 11.9 Å². The van der Waals surface area contributed by atoms with Crippen molar-refractivity contribution in [3.63, 3.8) is 0 Å². The van der Waals surface area contributed by atoms with E-state index in [4.69, 9.17) is 10.1 Å². The quantitative estimate of drug-likeness (QED) is 0.407. The van der Waals surface area contributed by atoms with E-state index < -0.39 is 5.03 Å². The lowest BCUT2D eigenvalue weighted by molar-refractivity contribution is -0.801. The molecule has 0 amide bonds. The zero-order valence-electron chi connectivity index (χ0n) is 7.10. The van der Waals surface area contributed by atoms with E-state index in [9.17, 15) is 0 Å². The lowest BCUT2D eigenvalue weighted by Gasteiger charge is -1.94. The second-order valence-corrected chi connectivity index (χ2v) is 2.64. The van der Waals surface area contributed by atoms with E-state index in [2.05, 4.69) is 35.4 Å². The Balaban J connectivity index is 0.000000184. The molecule has 0 radical (unpaired) electrons. The van der Waals surface area contributed by atoms with Gasteiger partial charge in [-0.2, -0.15) is 0 Å². The third kappa shape index (κ3) is 2.98. The topological polar surface area (TPSA) is 78.4 Å². The number of benzene rings is 1. The van der Waals surface area contributed by atoms with Gasteiger partial charge in [-0.1, -0.05) is 18.2 Å². The van der Waals surface area contributed by atoms with Gasteiger partial charge < -0.3 is 5.32 Å². The van der Waals surface area contributed by atoms with Crippen LogP contribution in [0.5, 0.6) is 0 Å². The predicted octanol–water partition coefficient (Wildman–Crippen LogP) is 0.683. The van der Waals surface area contributed by atoms with E-state index in [0.717, 1.165) is 6.54 Å². The molecular weight excluding hydrogens is 170 g/mol.